The number of sulfone groups is 1. The van der Waals surface area contributed by atoms with E-state index >= 15 is 0 Å². The smallest absolute Gasteiger partial charge is 0.335 e. The number of hydrogen-bond acceptors (Lipinski definition) is 4. The van der Waals surface area contributed by atoms with Crippen molar-refractivity contribution in [2.75, 3.05) is 24.6 Å². The number of hydrogen-bond donors (Lipinski definition) is 0. The maximum atomic E-state index is 13.6. The minimum absolute atomic E-state index is 0.0391. The fourth-order valence-corrected chi connectivity index (χ4v) is 7.48. The van der Waals surface area contributed by atoms with Crippen molar-refractivity contribution in [1.29, 1.82) is 0 Å². The number of rotatable bonds is 5. The van der Waals surface area contributed by atoms with Gasteiger partial charge in [-0.3, -0.25) is 9.69 Å². The molecule has 2 heterocycles. The van der Waals surface area contributed by atoms with E-state index in [-0.39, 0.29) is 42.1 Å². The van der Waals surface area contributed by atoms with Crippen molar-refractivity contribution in [3.63, 3.8) is 0 Å². The Morgan fingerprint density at radius 1 is 0.939 bits per heavy atom. The van der Waals surface area contributed by atoms with Crippen molar-refractivity contribution >= 4 is 15.7 Å². The number of halogens is 3. The second kappa shape index (κ2) is 9.94. The van der Waals surface area contributed by atoms with Crippen molar-refractivity contribution in [1.82, 2.24) is 9.80 Å². The van der Waals surface area contributed by atoms with Crippen LogP contribution in [-0.4, -0.2) is 60.8 Å². The summed E-state index contributed by atoms with van der Waals surface area (Å²) < 4.78 is 63.2. The monoisotopic (exact) mass is 486 g/mol. The molecule has 3 fully saturated rings. The zero-order chi connectivity index (χ0) is 23.6. The molecule has 5 nitrogen and oxygen atoms in total. The van der Waals surface area contributed by atoms with Crippen LogP contribution in [0.15, 0.2) is 24.3 Å². The minimum atomic E-state index is -4.37. The predicted octanol–water partition coefficient (Wildman–Crippen LogP) is 4.58. The molecule has 2 saturated heterocycles. The van der Waals surface area contributed by atoms with E-state index < -0.39 is 21.6 Å². The topological polar surface area (TPSA) is 57.7 Å². The molecule has 1 aliphatic carbocycles. The van der Waals surface area contributed by atoms with Crippen LogP contribution in [0.3, 0.4) is 0 Å². The zero-order valence-corrected chi connectivity index (χ0v) is 19.7. The number of likely N-dealkylation sites (tertiary alicyclic amines) is 1. The SMILES string of the molecule is O=C(CN1CCCCC1c1ccc(C(F)(F)F)cc1)N(C1CCCCC1)C1CCS(=O)(=O)C1. The molecule has 2 aliphatic heterocycles. The van der Waals surface area contributed by atoms with E-state index in [1.165, 1.54) is 12.1 Å². The number of amides is 1. The highest BCUT2D eigenvalue weighted by molar-refractivity contribution is 7.91. The largest absolute Gasteiger partial charge is 0.416 e. The highest BCUT2D eigenvalue weighted by atomic mass is 32.2. The first-order valence-corrected chi connectivity index (χ1v) is 13.9. The molecule has 2 unspecified atom stereocenters. The van der Waals surface area contributed by atoms with Crippen LogP contribution >= 0.6 is 0 Å². The Morgan fingerprint density at radius 2 is 1.61 bits per heavy atom. The number of alkyl halides is 3. The molecule has 0 spiro atoms. The second-order valence-corrected chi connectivity index (χ2v) is 12.0. The average Bonchev–Trinajstić information content (AvgIpc) is 3.13. The van der Waals surface area contributed by atoms with Crippen molar-refractivity contribution in [2.45, 2.75) is 82.1 Å². The summed E-state index contributed by atoms with van der Waals surface area (Å²) >= 11 is 0. The minimum Gasteiger partial charge on any atom is -0.335 e. The summed E-state index contributed by atoms with van der Waals surface area (Å²) in [6.07, 6.45) is 3.86. The highest BCUT2D eigenvalue weighted by Gasteiger charge is 2.39. The predicted molar refractivity (Wildman–Crippen MR) is 120 cm³/mol. The third-order valence-electron chi connectivity index (χ3n) is 7.43. The Balaban J connectivity index is 1.51. The molecular formula is C24H33F3N2O3S. The van der Waals surface area contributed by atoms with Crippen molar-refractivity contribution in [3.8, 4) is 0 Å². The van der Waals surface area contributed by atoms with Crippen molar-refractivity contribution in [3.05, 3.63) is 35.4 Å². The maximum absolute atomic E-state index is 13.6. The normalized spacial score (nSPS) is 26.9. The Morgan fingerprint density at radius 3 is 2.21 bits per heavy atom. The Hall–Kier alpha value is -1.61. The van der Waals surface area contributed by atoms with E-state index in [9.17, 15) is 26.4 Å². The standard InChI is InChI=1S/C24H33F3N2O3S/c25-24(26,27)19-11-9-18(10-12-19)22-8-4-5-14-28(22)16-23(30)29(20-6-2-1-3-7-20)21-13-15-33(31,32)17-21/h9-12,20-22H,1-8,13-17H2. The van der Waals surface area contributed by atoms with Crippen LogP contribution in [0.1, 0.15) is 75.0 Å². The van der Waals surface area contributed by atoms with Gasteiger partial charge in [0, 0.05) is 18.1 Å². The number of piperidine rings is 1. The molecule has 33 heavy (non-hydrogen) atoms. The van der Waals surface area contributed by atoms with Gasteiger partial charge in [-0.2, -0.15) is 13.2 Å². The van der Waals surface area contributed by atoms with Crippen molar-refractivity contribution < 1.29 is 26.4 Å². The van der Waals surface area contributed by atoms with Gasteiger partial charge in [-0.05, 0) is 56.3 Å². The lowest BCUT2D eigenvalue weighted by atomic mass is 9.92. The summed E-state index contributed by atoms with van der Waals surface area (Å²) in [7, 11) is -3.12. The molecule has 1 saturated carbocycles. The molecule has 1 aromatic rings. The molecule has 3 aliphatic rings. The van der Waals surface area contributed by atoms with E-state index in [4.69, 9.17) is 0 Å². The zero-order valence-electron chi connectivity index (χ0n) is 18.9. The third kappa shape index (κ3) is 5.91. The quantitative estimate of drug-likeness (QED) is 0.611. The van der Waals surface area contributed by atoms with Crippen LogP contribution in [0.4, 0.5) is 13.2 Å². The third-order valence-corrected chi connectivity index (χ3v) is 9.18. The molecule has 0 radical (unpaired) electrons. The summed E-state index contributed by atoms with van der Waals surface area (Å²) in [5.74, 6) is 0.131. The summed E-state index contributed by atoms with van der Waals surface area (Å²) in [4.78, 5) is 17.6. The fourth-order valence-electron chi connectivity index (χ4n) is 5.77. The lowest BCUT2D eigenvalue weighted by molar-refractivity contribution is -0.139. The van der Waals surface area contributed by atoms with Crippen LogP contribution in [0, 0.1) is 0 Å². The van der Waals surface area contributed by atoms with Crippen LogP contribution < -0.4 is 0 Å². The molecule has 9 heteroatoms. The first kappa shape index (κ1) is 24.5. The molecule has 0 bridgehead atoms. The van der Waals surface area contributed by atoms with E-state index in [0.29, 0.717) is 13.0 Å². The average molecular weight is 487 g/mol. The fraction of sp³-hybridized carbons (Fsp3) is 0.708. The molecule has 1 amide bonds. The van der Waals surface area contributed by atoms with Crippen LogP contribution in [0.25, 0.3) is 0 Å². The van der Waals surface area contributed by atoms with Crippen LogP contribution in [0.5, 0.6) is 0 Å². The number of benzene rings is 1. The number of carbonyl (C=O) groups excluding carboxylic acids is 1. The molecule has 2 atom stereocenters. The molecule has 0 aromatic heterocycles. The van der Waals surface area contributed by atoms with Gasteiger partial charge in [0.1, 0.15) is 0 Å². The van der Waals surface area contributed by atoms with Gasteiger partial charge >= 0.3 is 6.18 Å². The van der Waals surface area contributed by atoms with Gasteiger partial charge in [0.2, 0.25) is 5.91 Å². The molecule has 4 rings (SSSR count). The highest BCUT2D eigenvalue weighted by Crippen LogP contribution is 2.35. The van der Waals surface area contributed by atoms with Gasteiger partial charge in [0.25, 0.3) is 0 Å². The van der Waals surface area contributed by atoms with Gasteiger partial charge in [-0.25, -0.2) is 8.42 Å². The molecule has 1 aromatic carbocycles. The van der Waals surface area contributed by atoms with E-state index in [1.807, 2.05) is 4.90 Å². The van der Waals surface area contributed by atoms with E-state index in [2.05, 4.69) is 4.90 Å². The summed E-state index contributed by atoms with van der Waals surface area (Å²) in [6.45, 7) is 0.887. The molecular weight excluding hydrogens is 453 g/mol. The Bertz CT molecular complexity index is 927. The Labute approximate surface area is 194 Å². The van der Waals surface area contributed by atoms with Gasteiger partial charge in [-0.1, -0.05) is 37.8 Å². The maximum Gasteiger partial charge on any atom is 0.416 e. The van der Waals surface area contributed by atoms with Gasteiger partial charge in [0.05, 0.1) is 23.6 Å². The van der Waals surface area contributed by atoms with E-state index in [0.717, 1.165) is 69.1 Å². The first-order valence-electron chi connectivity index (χ1n) is 12.1. The lowest BCUT2D eigenvalue weighted by Crippen LogP contribution is -2.52. The Kier molecular flexibility index (Phi) is 7.38. The number of carbonyl (C=O) groups is 1. The van der Waals surface area contributed by atoms with Crippen LogP contribution in [-0.2, 0) is 20.8 Å². The first-order chi connectivity index (χ1) is 15.6. The molecule has 0 N–H and O–H groups in total. The number of nitrogens with zero attached hydrogens (tertiary/aromatic N) is 2. The van der Waals surface area contributed by atoms with Gasteiger partial charge < -0.3 is 4.90 Å². The van der Waals surface area contributed by atoms with Crippen molar-refractivity contribution in [2.24, 2.45) is 0 Å². The van der Waals surface area contributed by atoms with Crippen LogP contribution in [0.2, 0.25) is 0 Å². The second-order valence-electron chi connectivity index (χ2n) is 9.75. The summed E-state index contributed by atoms with van der Waals surface area (Å²) in [6, 6.07) is 4.99. The molecule has 184 valence electrons. The summed E-state index contributed by atoms with van der Waals surface area (Å²) in [5.41, 5.74) is 0.124. The van der Waals surface area contributed by atoms with E-state index in [1.54, 1.807) is 0 Å². The summed E-state index contributed by atoms with van der Waals surface area (Å²) in [5, 5.41) is 0. The lowest BCUT2D eigenvalue weighted by Gasteiger charge is -2.41. The van der Waals surface area contributed by atoms with Gasteiger partial charge in [-0.15, -0.1) is 0 Å². The van der Waals surface area contributed by atoms with Gasteiger partial charge in [0.15, 0.2) is 9.84 Å².